The SMILES string of the molecule is CCCNC(c1cc(C)c(Cl)s1)C1CC1(C)C. The zero-order valence-corrected chi connectivity index (χ0v) is 12.7. The van der Waals surface area contributed by atoms with Crippen molar-refractivity contribution in [3.63, 3.8) is 0 Å². The molecule has 1 aromatic heterocycles. The van der Waals surface area contributed by atoms with Gasteiger partial charge in [-0.2, -0.15) is 0 Å². The summed E-state index contributed by atoms with van der Waals surface area (Å²) in [6.45, 7) is 10.1. The van der Waals surface area contributed by atoms with Crippen LogP contribution in [0.3, 0.4) is 0 Å². The molecule has 0 bridgehead atoms. The van der Waals surface area contributed by atoms with E-state index in [1.54, 1.807) is 11.3 Å². The van der Waals surface area contributed by atoms with E-state index in [0.29, 0.717) is 11.5 Å². The van der Waals surface area contributed by atoms with Crippen LogP contribution >= 0.6 is 22.9 Å². The van der Waals surface area contributed by atoms with E-state index in [9.17, 15) is 0 Å². The maximum absolute atomic E-state index is 6.19. The van der Waals surface area contributed by atoms with Crippen LogP contribution in [0.2, 0.25) is 4.34 Å². The van der Waals surface area contributed by atoms with Crippen molar-refractivity contribution in [3.05, 3.63) is 20.8 Å². The van der Waals surface area contributed by atoms with Gasteiger partial charge < -0.3 is 5.32 Å². The van der Waals surface area contributed by atoms with Gasteiger partial charge in [-0.1, -0.05) is 32.4 Å². The number of thiophene rings is 1. The van der Waals surface area contributed by atoms with Gasteiger partial charge in [-0.3, -0.25) is 0 Å². The maximum Gasteiger partial charge on any atom is 0.0960 e. The summed E-state index contributed by atoms with van der Waals surface area (Å²) in [5.41, 5.74) is 1.71. The first-order chi connectivity index (χ1) is 7.95. The van der Waals surface area contributed by atoms with Crippen molar-refractivity contribution in [2.45, 2.75) is 46.6 Å². The summed E-state index contributed by atoms with van der Waals surface area (Å²) in [5.74, 6) is 0.767. The highest BCUT2D eigenvalue weighted by atomic mass is 35.5. The lowest BCUT2D eigenvalue weighted by atomic mass is 10.0. The highest BCUT2D eigenvalue weighted by Gasteiger charge is 2.50. The molecule has 3 heteroatoms. The molecule has 1 fully saturated rings. The van der Waals surface area contributed by atoms with Crippen LogP contribution in [-0.4, -0.2) is 6.54 Å². The molecule has 17 heavy (non-hydrogen) atoms. The number of nitrogens with one attached hydrogen (secondary N) is 1. The van der Waals surface area contributed by atoms with Crippen molar-refractivity contribution in [1.82, 2.24) is 5.32 Å². The van der Waals surface area contributed by atoms with Gasteiger partial charge in [0.25, 0.3) is 0 Å². The molecule has 1 nitrogen and oxygen atoms in total. The predicted octanol–water partition coefficient (Wildman–Crippen LogP) is 4.80. The number of rotatable bonds is 5. The Balaban J connectivity index is 2.15. The monoisotopic (exact) mass is 271 g/mol. The molecule has 1 N–H and O–H groups in total. The standard InChI is InChI=1S/C14H22ClNS/c1-5-6-16-12(10-8-14(10,3)4)11-7-9(2)13(15)17-11/h7,10,12,16H,5-6,8H2,1-4H3. The summed E-state index contributed by atoms with van der Waals surface area (Å²) in [6, 6.07) is 2.76. The van der Waals surface area contributed by atoms with Crippen molar-refractivity contribution in [1.29, 1.82) is 0 Å². The van der Waals surface area contributed by atoms with Crippen LogP contribution < -0.4 is 5.32 Å². The molecule has 1 aliphatic carbocycles. The van der Waals surface area contributed by atoms with Crippen molar-refractivity contribution >= 4 is 22.9 Å². The minimum Gasteiger partial charge on any atom is -0.309 e. The Bertz CT molecular complexity index is 377. The molecule has 2 atom stereocenters. The van der Waals surface area contributed by atoms with Gasteiger partial charge in [-0.05, 0) is 49.3 Å². The molecule has 2 rings (SSSR count). The van der Waals surface area contributed by atoms with Gasteiger partial charge in [0.05, 0.1) is 4.34 Å². The van der Waals surface area contributed by atoms with Gasteiger partial charge in [0, 0.05) is 10.9 Å². The lowest BCUT2D eigenvalue weighted by molar-refractivity contribution is 0.421. The van der Waals surface area contributed by atoms with E-state index >= 15 is 0 Å². The average Bonchev–Trinajstić information content (AvgIpc) is 2.73. The molecule has 0 saturated heterocycles. The van der Waals surface area contributed by atoms with Crippen LogP contribution in [0.25, 0.3) is 0 Å². The summed E-state index contributed by atoms with van der Waals surface area (Å²) in [4.78, 5) is 1.41. The first kappa shape index (κ1) is 13.4. The second-order valence-corrected chi connectivity index (χ2v) is 7.52. The summed E-state index contributed by atoms with van der Waals surface area (Å²) in [6.07, 6.45) is 2.50. The van der Waals surface area contributed by atoms with Crippen LogP contribution in [0.4, 0.5) is 0 Å². The minimum atomic E-state index is 0.496. The lowest BCUT2D eigenvalue weighted by Crippen LogP contribution is -2.24. The highest BCUT2D eigenvalue weighted by molar-refractivity contribution is 7.16. The molecule has 1 saturated carbocycles. The first-order valence-electron chi connectivity index (χ1n) is 6.45. The van der Waals surface area contributed by atoms with Crippen molar-refractivity contribution < 1.29 is 0 Å². The van der Waals surface area contributed by atoms with E-state index in [-0.39, 0.29) is 0 Å². The topological polar surface area (TPSA) is 12.0 Å². The molecular weight excluding hydrogens is 250 g/mol. The van der Waals surface area contributed by atoms with E-state index in [4.69, 9.17) is 11.6 Å². The van der Waals surface area contributed by atoms with Crippen LogP contribution in [0.1, 0.15) is 50.1 Å². The van der Waals surface area contributed by atoms with E-state index in [0.717, 1.165) is 16.8 Å². The third-order valence-corrected chi connectivity index (χ3v) is 5.43. The predicted molar refractivity (Wildman–Crippen MR) is 77.0 cm³/mol. The fourth-order valence-corrected chi connectivity index (χ4v) is 3.81. The van der Waals surface area contributed by atoms with E-state index in [1.165, 1.54) is 23.3 Å². The molecule has 0 aromatic carbocycles. The first-order valence-corrected chi connectivity index (χ1v) is 7.64. The molecule has 96 valence electrons. The van der Waals surface area contributed by atoms with Crippen LogP contribution in [-0.2, 0) is 0 Å². The van der Waals surface area contributed by atoms with E-state index < -0.39 is 0 Å². The molecule has 0 spiro atoms. The number of halogens is 1. The van der Waals surface area contributed by atoms with Crippen LogP contribution in [0.15, 0.2) is 6.07 Å². The fourth-order valence-electron chi connectivity index (χ4n) is 2.45. The van der Waals surface area contributed by atoms with Gasteiger partial charge in [-0.25, -0.2) is 0 Å². The fraction of sp³-hybridized carbons (Fsp3) is 0.714. The molecule has 0 amide bonds. The molecule has 2 unspecified atom stereocenters. The Morgan fingerprint density at radius 2 is 2.24 bits per heavy atom. The molecule has 1 heterocycles. The maximum atomic E-state index is 6.19. The number of hydrogen-bond donors (Lipinski definition) is 1. The Hall–Kier alpha value is -0.0500. The van der Waals surface area contributed by atoms with Gasteiger partial charge >= 0.3 is 0 Å². The van der Waals surface area contributed by atoms with Gasteiger partial charge in [-0.15, -0.1) is 11.3 Å². The van der Waals surface area contributed by atoms with E-state index in [2.05, 4.69) is 39.1 Å². The summed E-state index contributed by atoms with van der Waals surface area (Å²) >= 11 is 7.94. The lowest BCUT2D eigenvalue weighted by Gasteiger charge is -2.18. The van der Waals surface area contributed by atoms with Crippen LogP contribution in [0, 0.1) is 18.3 Å². The van der Waals surface area contributed by atoms with Gasteiger partial charge in [0.1, 0.15) is 0 Å². The molecular formula is C14H22ClNS. The zero-order chi connectivity index (χ0) is 12.6. The quantitative estimate of drug-likeness (QED) is 0.811. The molecule has 0 radical (unpaired) electrons. The molecule has 1 aliphatic rings. The number of aryl methyl sites for hydroxylation is 1. The van der Waals surface area contributed by atoms with E-state index in [1.807, 2.05) is 0 Å². The Morgan fingerprint density at radius 3 is 2.65 bits per heavy atom. The Morgan fingerprint density at radius 1 is 1.59 bits per heavy atom. The number of hydrogen-bond acceptors (Lipinski definition) is 2. The molecule has 1 aromatic rings. The third-order valence-electron chi connectivity index (χ3n) is 3.79. The smallest absolute Gasteiger partial charge is 0.0960 e. The Labute approximate surface area is 114 Å². The highest BCUT2D eigenvalue weighted by Crippen LogP contribution is 2.58. The van der Waals surface area contributed by atoms with Crippen molar-refractivity contribution in [2.24, 2.45) is 11.3 Å². The van der Waals surface area contributed by atoms with Crippen LogP contribution in [0.5, 0.6) is 0 Å². The summed E-state index contributed by atoms with van der Waals surface area (Å²) < 4.78 is 0.946. The van der Waals surface area contributed by atoms with Crippen molar-refractivity contribution in [3.8, 4) is 0 Å². The largest absolute Gasteiger partial charge is 0.309 e. The third kappa shape index (κ3) is 2.86. The second kappa shape index (κ2) is 4.91. The molecule has 0 aliphatic heterocycles. The van der Waals surface area contributed by atoms with Gasteiger partial charge in [0.15, 0.2) is 0 Å². The summed E-state index contributed by atoms with van der Waals surface area (Å²) in [7, 11) is 0. The average molecular weight is 272 g/mol. The summed E-state index contributed by atoms with van der Waals surface area (Å²) in [5, 5.41) is 3.70. The van der Waals surface area contributed by atoms with Crippen molar-refractivity contribution in [2.75, 3.05) is 6.54 Å². The normalized spacial score (nSPS) is 23.7. The Kier molecular flexibility index (Phi) is 3.86. The van der Waals surface area contributed by atoms with Gasteiger partial charge in [0.2, 0.25) is 0 Å². The zero-order valence-electron chi connectivity index (χ0n) is 11.1. The minimum absolute atomic E-state index is 0.496. The second-order valence-electron chi connectivity index (χ2n) is 5.84.